The highest BCUT2D eigenvalue weighted by molar-refractivity contribution is 5.44. The zero-order chi connectivity index (χ0) is 12.4. The lowest BCUT2D eigenvalue weighted by Gasteiger charge is -2.13. The Morgan fingerprint density at radius 3 is 3.00 bits per heavy atom. The van der Waals surface area contributed by atoms with E-state index in [1.807, 2.05) is 25.3 Å². The van der Waals surface area contributed by atoms with Crippen molar-refractivity contribution < 1.29 is 5.11 Å². The van der Waals surface area contributed by atoms with Gasteiger partial charge in [0, 0.05) is 18.8 Å². The number of hydrogen-bond acceptors (Lipinski definition) is 5. The van der Waals surface area contributed by atoms with Crippen LogP contribution in [0.15, 0.2) is 18.3 Å². The van der Waals surface area contributed by atoms with E-state index in [1.165, 1.54) is 0 Å². The molecule has 0 aromatic carbocycles. The fourth-order valence-corrected chi connectivity index (χ4v) is 1.44. The Morgan fingerprint density at radius 2 is 2.29 bits per heavy atom. The number of rotatable bonds is 4. The van der Waals surface area contributed by atoms with Gasteiger partial charge in [-0.15, -0.1) is 5.10 Å². The minimum absolute atomic E-state index is 0.330. The second kappa shape index (κ2) is 4.68. The molecule has 0 spiro atoms. The maximum Gasteiger partial charge on any atom is 0.243 e. The minimum atomic E-state index is -0.554. The van der Waals surface area contributed by atoms with E-state index in [-0.39, 0.29) is 6.04 Å². The fourth-order valence-electron chi connectivity index (χ4n) is 1.44. The number of aliphatic hydroxyl groups is 1. The standard InChI is InChI=1S/C11H17N5O/c1-7-3-4-10-14-11(15-16(10)6-7)13-5-9(12)8(2)17/h3-4,6,8-9,17H,5,12H2,1-2H3,(H,13,15). The second-order valence-electron chi connectivity index (χ2n) is 4.23. The van der Waals surface area contributed by atoms with Gasteiger partial charge < -0.3 is 16.2 Å². The first-order valence-electron chi connectivity index (χ1n) is 5.57. The zero-order valence-electron chi connectivity index (χ0n) is 9.96. The molecule has 6 nitrogen and oxygen atoms in total. The number of hydrogen-bond donors (Lipinski definition) is 3. The number of nitrogens with zero attached hydrogens (tertiary/aromatic N) is 3. The van der Waals surface area contributed by atoms with E-state index in [4.69, 9.17) is 5.73 Å². The maximum atomic E-state index is 9.26. The van der Waals surface area contributed by atoms with Crippen molar-refractivity contribution in [3.8, 4) is 0 Å². The van der Waals surface area contributed by atoms with Crippen LogP contribution in [-0.4, -0.2) is 38.4 Å². The molecule has 4 N–H and O–H groups in total. The molecule has 17 heavy (non-hydrogen) atoms. The number of fused-ring (bicyclic) bond motifs is 1. The molecule has 92 valence electrons. The van der Waals surface area contributed by atoms with E-state index >= 15 is 0 Å². The highest BCUT2D eigenvalue weighted by Gasteiger charge is 2.10. The summed E-state index contributed by atoms with van der Waals surface area (Å²) in [4.78, 5) is 4.29. The molecule has 2 unspecified atom stereocenters. The van der Waals surface area contributed by atoms with E-state index in [1.54, 1.807) is 11.4 Å². The van der Waals surface area contributed by atoms with Gasteiger partial charge in [0.1, 0.15) is 0 Å². The highest BCUT2D eigenvalue weighted by atomic mass is 16.3. The van der Waals surface area contributed by atoms with Crippen LogP contribution in [0.2, 0.25) is 0 Å². The molecule has 6 heteroatoms. The van der Waals surface area contributed by atoms with E-state index in [2.05, 4.69) is 15.4 Å². The summed E-state index contributed by atoms with van der Waals surface area (Å²) in [5.74, 6) is 0.520. The Kier molecular flexibility index (Phi) is 3.26. The van der Waals surface area contributed by atoms with Gasteiger partial charge >= 0.3 is 0 Å². The number of aryl methyl sites for hydroxylation is 1. The lowest BCUT2D eigenvalue weighted by Crippen LogP contribution is -2.38. The Balaban J connectivity index is 2.09. The number of anilines is 1. The molecule has 2 rings (SSSR count). The zero-order valence-corrected chi connectivity index (χ0v) is 9.96. The average Bonchev–Trinajstić information content (AvgIpc) is 2.67. The van der Waals surface area contributed by atoms with Gasteiger partial charge in [-0.05, 0) is 25.5 Å². The molecule has 0 fully saturated rings. The van der Waals surface area contributed by atoms with Crippen LogP contribution in [0.1, 0.15) is 12.5 Å². The molecule has 0 saturated heterocycles. The first-order chi connectivity index (χ1) is 8.06. The van der Waals surface area contributed by atoms with Crippen molar-refractivity contribution in [2.24, 2.45) is 5.73 Å². The molecule has 0 saturated carbocycles. The third kappa shape index (κ3) is 2.72. The third-order valence-electron chi connectivity index (χ3n) is 2.59. The predicted octanol–water partition coefficient (Wildman–Crippen LogP) is 0.158. The lowest BCUT2D eigenvalue weighted by atomic mass is 10.2. The van der Waals surface area contributed by atoms with Gasteiger partial charge in [-0.1, -0.05) is 6.07 Å². The topological polar surface area (TPSA) is 88.5 Å². The van der Waals surface area contributed by atoms with Crippen molar-refractivity contribution in [2.75, 3.05) is 11.9 Å². The smallest absolute Gasteiger partial charge is 0.243 e. The van der Waals surface area contributed by atoms with E-state index in [0.29, 0.717) is 12.5 Å². The Hall–Kier alpha value is -1.66. The minimum Gasteiger partial charge on any atom is -0.392 e. The van der Waals surface area contributed by atoms with Gasteiger partial charge in [0.2, 0.25) is 5.95 Å². The molecule has 0 radical (unpaired) electrons. The van der Waals surface area contributed by atoms with Gasteiger partial charge in [-0.25, -0.2) is 4.52 Å². The van der Waals surface area contributed by atoms with Crippen molar-refractivity contribution in [1.29, 1.82) is 0 Å². The monoisotopic (exact) mass is 235 g/mol. The van der Waals surface area contributed by atoms with E-state index < -0.39 is 6.10 Å². The molecular weight excluding hydrogens is 218 g/mol. The summed E-state index contributed by atoms with van der Waals surface area (Å²) in [6.07, 6.45) is 1.35. The first-order valence-corrected chi connectivity index (χ1v) is 5.57. The molecular formula is C11H17N5O. The van der Waals surface area contributed by atoms with Crippen molar-refractivity contribution in [3.63, 3.8) is 0 Å². The molecule has 2 aromatic heterocycles. The van der Waals surface area contributed by atoms with Gasteiger partial charge in [0.25, 0.3) is 0 Å². The molecule has 0 amide bonds. The lowest BCUT2D eigenvalue weighted by molar-refractivity contribution is 0.168. The summed E-state index contributed by atoms with van der Waals surface area (Å²) in [6, 6.07) is 3.56. The van der Waals surface area contributed by atoms with Crippen molar-refractivity contribution in [3.05, 3.63) is 23.9 Å². The SMILES string of the molecule is Cc1ccc2nc(NCC(N)C(C)O)nn2c1. The number of aliphatic hydroxyl groups excluding tert-OH is 1. The van der Waals surface area contributed by atoms with Crippen LogP contribution in [0.5, 0.6) is 0 Å². The number of pyridine rings is 1. The van der Waals surface area contributed by atoms with Crippen molar-refractivity contribution >= 4 is 11.6 Å². The third-order valence-corrected chi connectivity index (χ3v) is 2.59. The Bertz CT molecular complexity index is 508. The van der Waals surface area contributed by atoms with Crippen LogP contribution in [0, 0.1) is 6.92 Å². The molecule has 2 heterocycles. The average molecular weight is 235 g/mol. The van der Waals surface area contributed by atoms with Crippen molar-refractivity contribution in [1.82, 2.24) is 14.6 Å². The second-order valence-corrected chi connectivity index (χ2v) is 4.23. The summed E-state index contributed by atoms with van der Waals surface area (Å²) in [5, 5.41) is 16.5. The van der Waals surface area contributed by atoms with Crippen LogP contribution < -0.4 is 11.1 Å². The van der Waals surface area contributed by atoms with E-state index in [0.717, 1.165) is 11.2 Å². The van der Waals surface area contributed by atoms with Gasteiger partial charge in [-0.2, -0.15) is 4.98 Å². The van der Waals surface area contributed by atoms with Crippen LogP contribution in [-0.2, 0) is 0 Å². The summed E-state index contributed by atoms with van der Waals surface area (Å²) in [6.45, 7) is 4.10. The summed E-state index contributed by atoms with van der Waals surface area (Å²) >= 11 is 0. The molecule has 2 atom stereocenters. The first kappa shape index (κ1) is 11.8. The van der Waals surface area contributed by atoms with Crippen LogP contribution in [0.25, 0.3) is 5.65 Å². The van der Waals surface area contributed by atoms with Gasteiger partial charge in [-0.3, -0.25) is 0 Å². The molecule has 0 aliphatic heterocycles. The Morgan fingerprint density at radius 1 is 1.53 bits per heavy atom. The van der Waals surface area contributed by atoms with Crippen molar-refractivity contribution in [2.45, 2.75) is 26.0 Å². The number of aromatic nitrogens is 3. The summed E-state index contributed by atoms with van der Waals surface area (Å²) in [5.41, 5.74) is 7.61. The molecule has 0 bridgehead atoms. The van der Waals surface area contributed by atoms with Crippen LogP contribution >= 0.6 is 0 Å². The predicted molar refractivity (Wildman–Crippen MR) is 65.9 cm³/mol. The molecule has 0 aliphatic rings. The number of nitrogens with one attached hydrogen (secondary N) is 1. The summed E-state index contributed by atoms with van der Waals surface area (Å²) < 4.78 is 1.71. The highest BCUT2D eigenvalue weighted by Crippen LogP contribution is 2.07. The fraction of sp³-hybridized carbons (Fsp3) is 0.455. The molecule has 2 aromatic rings. The van der Waals surface area contributed by atoms with Gasteiger partial charge in [0.05, 0.1) is 6.10 Å². The van der Waals surface area contributed by atoms with Gasteiger partial charge in [0.15, 0.2) is 5.65 Å². The van der Waals surface area contributed by atoms with Crippen LogP contribution in [0.4, 0.5) is 5.95 Å². The van der Waals surface area contributed by atoms with Crippen LogP contribution in [0.3, 0.4) is 0 Å². The normalized spacial score (nSPS) is 14.8. The molecule has 0 aliphatic carbocycles. The quantitative estimate of drug-likeness (QED) is 0.702. The number of nitrogens with two attached hydrogens (primary N) is 1. The summed E-state index contributed by atoms with van der Waals surface area (Å²) in [7, 11) is 0. The largest absolute Gasteiger partial charge is 0.392 e. The maximum absolute atomic E-state index is 9.26. The Labute approximate surface area is 99.5 Å². The van der Waals surface area contributed by atoms with E-state index in [9.17, 15) is 5.11 Å².